The number of aromatic nitrogens is 1. The van der Waals surface area contributed by atoms with Crippen molar-refractivity contribution >= 4 is 31.2 Å². The summed E-state index contributed by atoms with van der Waals surface area (Å²) < 4.78 is 27.6. The molecule has 0 fully saturated rings. The number of pyridine rings is 1. The van der Waals surface area contributed by atoms with Crippen LogP contribution in [0.4, 0.5) is 0 Å². The van der Waals surface area contributed by atoms with Crippen LogP contribution in [0.25, 0.3) is 0 Å². The van der Waals surface area contributed by atoms with Crippen LogP contribution in [0.2, 0.25) is 0 Å². The Bertz CT molecular complexity index is 612. The zero-order valence-electron chi connectivity index (χ0n) is 9.58. The van der Waals surface area contributed by atoms with Crippen molar-refractivity contribution in [1.29, 1.82) is 0 Å². The van der Waals surface area contributed by atoms with Crippen LogP contribution in [0, 0.1) is 0 Å². The Hall–Kier alpha value is -1.16. The van der Waals surface area contributed by atoms with Gasteiger partial charge in [-0.2, -0.15) is 0 Å². The quantitative estimate of drug-likeness (QED) is 0.794. The Morgan fingerprint density at radius 1 is 1.11 bits per heavy atom. The van der Waals surface area contributed by atoms with Gasteiger partial charge >= 0.3 is 115 Å². The second-order valence-electron chi connectivity index (χ2n) is 3.71. The van der Waals surface area contributed by atoms with Gasteiger partial charge in [-0.05, 0) is 0 Å². The zero-order valence-corrected chi connectivity index (χ0v) is 12.8. The summed E-state index contributed by atoms with van der Waals surface area (Å²) in [5.41, 5.74) is 0.691. The number of sulfonamides is 1. The summed E-state index contributed by atoms with van der Waals surface area (Å²) in [6.45, 7) is 0.195. The van der Waals surface area contributed by atoms with Crippen LogP contribution in [0.5, 0.6) is 0 Å². The monoisotopic (exact) mass is 324 g/mol. The molecule has 0 aliphatic rings. The van der Waals surface area contributed by atoms with Crippen molar-refractivity contribution in [3.8, 4) is 0 Å². The van der Waals surface area contributed by atoms with Gasteiger partial charge in [-0.15, -0.1) is 0 Å². The van der Waals surface area contributed by atoms with E-state index in [2.05, 4.69) is 9.71 Å². The average Bonchev–Trinajstić information content (AvgIpc) is 2.38. The molecule has 1 aromatic heterocycles. The molecule has 2 rings (SSSR count). The van der Waals surface area contributed by atoms with E-state index in [4.69, 9.17) is 0 Å². The molecule has 18 heavy (non-hydrogen) atoms. The molecular weight excluding hydrogens is 311 g/mol. The minimum atomic E-state index is -3.46. The molecule has 1 unspecified atom stereocenters. The van der Waals surface area contributed by atoms with Crippen LogP contribution in [0.3, 0.4) is 0 Å². The third-order valence-electron chi connectivity index (χ3n) is 2.36. The number of nitrogens with zero attached hydrogens (tertiary/aromatic N) is 1. The summed E-state index contributed by atoms with van der Waals surface area (Å²) in [6.07, 6.45) is 1.64. The van der Waals surface area contributed by atoms with E-state index in [1.807, 2.05) is 6.07 Å². The van der Waals surface area contributed by atoms with Gasteiger partial charge in [0, 0.05) is 0 Å². The summed E-state index contributed by atoms with van der Waals surface area (Å²) in [5, 5.41) is 0. The summed E-state index contributed by atoms with van der Waals surface area (Å²) in [6, 6.07) is 12.2. The molecule has 4 nitrogen and oxygen atoms in total. The van der Waals surface area contributed by atoms with E-state index in [0.717, 1.165) is 4.35 Å². The molecule has 0 spiro atoms. The van der Waals surface area contributed by atoms with E-state index >= 15 is 0 Å². The molecule has 0 aliphatic carbocycles. The molecule has 0 amide bonds. The number of rotatable bonds is 4. The Kier molecular flexibility index (Phi) is 4.17. The Morgan fingerprint density at radius 2 is 1.83 bits per heavy atom. The van der Waals surface area contributed by atoms with Crippen molar-refractivity contribution in [1.82, 2.24) is 9.71 Å². The summed E-state index contributed by atoms with van der Waals surface area (Å²) in [7, 11) is -3.46. The SMILES string of the molecule is O=S(=O)(NCc1ccccn1)c1ccc([AsH2])cc1. The van der Waals surface area contributed by atoms with Gasteiger partial charge in [0.1, 0.15) is 0 Å². The van der Waals surface area contributed by atoms with Gasteiger partial charge in [-0.1, -0.05) is 0 Å². The molecule has 94 valence electrons. The molecule has 0 saturated heterocycles. The number of hydrogen-bond donors (Lipinski definition) is 1. The van der Waals surface area contributed by atoms with Gasteiger partial charge in [0.15, 0.2) is 0 Å². The first kappa shape index (κ1) is 13.3. The van der Waals surface area contributed by atoms with E-state index < -0.39 is 10.0 Å². The molecule has 6 heteroatoms. The molecular formula is C12H13AsN2O2S. The van der Waals surface area contributed by atoms with E-state index in [-0.39, 0.29) is 11.4 Å². The molecule has 1 heterocycles. The van der Waals surface area contributed by atoms with Crippen molar-refractivity contribution in [2.24, 2.45) is 0 Å². The Labute approximate surface area is 115 Å². The van der Waals surface area contributed by atoms with Crippen molar-refractivity contribution in [3.05, 3.63) is 54.4 Å². The Morgan fingerprint density at radius 3 is 2.44 bits per heavy atom. The summed E-state index contributed by atoms with van der Waals surface area (Å²) >= 11 is 1.46. The maximum absolute atomic E-state index is 12.0. The zero-order chi connectivity index (χ0) is 13.0. The molecule has 1 atom stereocenters. The van der Waals surface area contributed by atoms with Crippen LogP contribution in [0.15, 0.2) is 53.6 Å². The van der Waals surface area contributed by atoms with Crippen LogP contribution in [-0.4, -0.2) is 30.3 Å². The van der Waals surface area contributed by atoms with Gasteiger partial charge in [0.05, 0.1) is 0 Å². The van der Waals surface area contributed by atoms with Crippen LogP contribution in [-0.2, 0) is 16.6 Å². The van der Waals surface area contributed by atoms with E-state index in [9.17, 15) is 8.42 Å². The first-order valence-electron chi connectivity index (χ1n) is 5.33. The second kappa shape index (κ2) is 5.65. The normalized spacial score (nSPS) is 11.4. The fraction of sp³-hybridized carbons (Fsp3) is 0.0833. The standard InChI is InChI=1S/C12H13AsN2O2S/c13-10-4-6-12(7-5-10)18(16,17)15-9-11-3-1-2-8-14-11/h1-8,15H,9,13H2. The third-order valence-corrected chi connectivity index (χ3v) is 4.58. The molecule has 1 N–H and O–H groups in total. The molecule has 0 radical (unpaired) electrons. The number of hydrogen-bond acceptors (Lipinski definition) is 3. The first-order chi connectivity index (χ1) is 8.58. The predicted molar refractivity (Wildman–Crippen MR) is 72.9 cm³/mol. The molecule has 0 bridgehead atoms. The van der Waals surface area contributed by atoms with Gasteiger partial charge in [-0.3, -0.25) is 0 Å². The van der Waals surface area contributed by atoms with Gasteiger partial charge < -0.3 is 0 Å². The predicted octanol–water partition coefficient (Wildman–Crippen LogP) is -0.182. The molecule has 0 saturated carbocycles. The number of benzene rings is 1. The fourth-order valence-electron chi connectivity index (χ4n) is 1.40. The van der Waals surface area contributed by atoms with Crippen molar-refractivity contribution < 1.29 is 8.42 Å². The van der Waals surface area contributed by atoms with Crippen molar-refractivity contribution in [2.45, 2.75) is 11.4 Å². The van der Waals surface area contributed by atoms with Crippen LogP contribution in [0.1, 0.15) is 5.69 Å². The third kappa shape index (κ3) is 3.42. The van der Waals surface area contributed by atoms with E-state index in [1.165, 1.54) is 16.9 Å². The van der Waals surface area contributed by atoms with Gasteiger partial charge in [-0.25, -0.2) is 0 Å². The molecule has 0 aliphatic heterocycles. The van der Waals surface area contributed by atoms with E-state index in [1.54, 1.807) is 42.6 Å². The first-order valence-corrected chi connectivity index (χ1v) is 8.02. The van der Waals surface area contributed by atoms with Crippen molar-refractivity contribution in [2.75, 3.05) is 0 Å². The summed E-state index contributed by atoms with van der Waals surface area (Å²) in [4.78, 5) is 4.34. The Balaban J connectivity index is 2.11. The second-order valence-corrected chi connectivity index (χ2v) is 6.88. The molecule has 2 aromatic rings. The van der Waals surface area contributed by atoms with Gasteiger partial charge in [0.2, 0.25) is 0 Å². The fourth-order valence-corrected chi connectivity index (χ4v) is 2.80. The van der Waals surface area contributed by atoms with Crippen molar-refractivity contribution in [3.63, 3.8) is 0 Å². The van der Waals surface area contributed by atoms with Crippen LogP contribution >= 0.6 is 0 Å². The van der Waals surface area contributed by atoms with E-state index in [0.29, 0.717) is 5.69 Å². The average molecular weight is 324 g/mol. The topological polar surface area (TPSA) is 59.1 Å². The van der Waals surface area contributed by atoms with Gasteiger partial charge in [0.25, 0.3) is 0 Å². The number of nitrogens with one attached hydrogen (secondary N) is 1. The minimum absolute atomic E-state index is 0.195. The summed E-state index contributed by atoms with van der Waals surface area (Å²) in [5.74, 6) is 0. The molecule has 1 aromatic carbocycles. The maximum atomic E-state index is 12.0. The van der Waals surface area contributed by atoms with Crippen LogP contribution < -0.4 is 9.07 Å².